The minimum atomic E-state index is -1.79. The third-order valence-corrected chi connectivity index (χ3v) is 12.2. The first-order valence-corrected chi connectivity index (χ1v) is 15.6. The van der Waals surface area contributed by atoms with E-state index in [9.17, 15) is 0 Å². The molecule has 4 rings (SSSR count). The van der Waals surface area contributed by atoms with Crippen LogP contribution in [0.25, 0.3) is 11.1 Å². The monoisotopic (exact) mass is 459 g/mol. The topological polar surface area (TPSA) is 12.5 Å². The molecule has 0 saturated carbocycles. The molecule has 2 aromatic carbocycles. The molecule has 0 N–H and O–H groups in total. The van der Waals surface area contributed by atoms with Gasteiger partial charge in [-0.2, -0.15) is 0 Å². The average Bonchev–Trinajstić information content (AvgIpc) is 2.80. The third kappa shape index (κ3) is 6.07. The summed E-state index contributed by atoms with van der Waals surface area (Å²) < 4.78 is 6.48. The highest BCUT2D eigenvalue weighted by Crippen LogP contribution is 2.38. The highest BCUT2D eigenvalue weighted by Gasteiger charge is 2.38. The summed E-state index contributed by atoms with van der Waals surface area (Å²) in [7, 11) is -1.79. The second-order valence-corrected chi connectivity index (χ2v) is 16.1. The highest BCUT2D eigenvalue weighted by molar-refractivity contribution is 6.74. The van der Waals surface area contributed by atoms with Crippen LogP contribution in [0.2, 0.25) is 18.1 Å². The van der Waals surface area contributed by atoms with Gasteiger partial charge in [0.2, 0.25) is 8.32 Å². The molecule has 0 bridgehead atoms. The molecule has 2 aliphatic rings. The van der Waals surface area contributed by atoms with Crippen LogP contribution in [0, 0.1) is 5.92 Å². The second kappa shape index (κ2) is 10.0. The first kappa shape index (κ1) is 24.0. The quantitative estimate of drug-likeness (QED) is 0.405. The third-order valence-electron chi connectivity index (χ3n) is 7.79. The zero-order valence-corrected chi connectivity index (χ0v) is 22.2. The Bertz CT molecular complexity index is 982. The van der Waals surface area contributed by atoms with Gasteiger partial charge in [-0.15, -0.1) is 0 Å². The van der Waals surface area contributed by atoms with E-state index in [4.69, 9.17) is 4.43 Å². The van der Waals surface area contributed by atoms with E-state index >= 15 is 0 Å². The maximum absolute atomic E-state index is 6.48. The van der Waals surface area contributed by atoms with Gasteiger partial charge in [-0.25, -0.2) is 0 Å². The molecule has 2 nitrogen and oxygen atoms in total. The lowest BCUT2D eigenvalue weighted by molar-refractivity contribution is 0.262. The molecular formula is C30H41NOSi. The first-order valence-electron chi connectivity index (χ1n) is 12.7. The van der Waals surface area contributed by atoms with Crippen LogP contribution in [-0.2, 0) is 0 Å². The number of benzene rings is 2. The molecule has 0 saturated heterocycles. The molecule has 176 valence electrons. The number of allylic oxidation sites excluding steroid dienone is 1. The lowest BCUT2D eigenvalue weighted by Gasteiger charge is -2.36. The van der Waals surface area contributed by atoms with Crippen LogP contribution in [0.5, 0.6) is 5.75 Å². The SMILES string of the molecule is CC(C)(C)[Si](C)(C)Oc1ccc(C2=C[C@H](CN3CC=C(c4ccccc4)CC3)CCC2)cc1. The predicted octanol–water partition coefficient (Wildman–Crippen LogP) is 8.04. The molecule has 3 heteroatoms. The van der Waals surface area contributed by atoms with Crippen molar-refractivity contribution in [1.29, 1.82) is 0 Å². The summed E-state index contributed by atoms with van der Waals surface area (Å²) >= 11 is 0. The Morgan fingerprint density at radius 2 is 1.61 bits per heavy atom. The highest BCUT2D eigenvalue weighted by atomic mass is 28.4. The summed E-state index contributed by atoms with van der Waals surface area (Å²) in [5.74, 6) is 1.68. The number of nitrogens with zero attached hydrogens (tertiary/aromatic N) is 1. The number of hydrogen-bond donors (Lipinski definition) is 0. The van der Waals surface area contributed by atoms with Crippen molar-refractivity contribution in [1.82, 2.24) is 4.90 Å². The minimum absolute atomic E-state index is 0.219. The van der Waals surface area contributed by atoms with Crippen molar-refractivity contribution in [2.24, 2.45) is 5.92 Å². The summed E-state index contributed by atoms with van der Waals surface area (Å²) in [5, 5.41) is 0.219. The van der Waals surface area contributed by atoms with Gasteiger partial charge in [0.15, 0.2) is 0 Å². The average molecular weight is 460 g/mol. The van der Waals surface area contributed by atoms with Crippen LogP contribution < -0.4 is 4.43 Å². The molecule has 0 radical (unpaired) electrons. The van der Waals surface area contributed by atoms with E-state index in [1.807, 2.05) is 0 Å². The van der Waals surface area contributed by atoms with Gasteiger partial charge >= 0.3 is 0 Å². The van der Waals surface area contributed by atoms with E-state index in [0.29, 0.717) is 5.92 Å². The Kier molecular flexibility index (Phi) is 7.30. The summed E-state index contributed by atoms with van der Waals surface area (Å²) in [6.45, 7) is 14.9. The Balaban J connectivity index is 1.37. The van der Waals surface area contributed by atoms with Gasteiger partial charge < -0.3 is 4.43 Å². The fourth-order valence-corrected chi connectivity index (χ4v) is 5.73. The Labute approximate surface area is 202 Å². The number of hydrogen-bond acceptors (Lipinski definition) is 2. The van der Waals surface area contributed by atoms with Crippen LogP contribution in [0.3, 0.4) is 0 Å². The zero-order valence-electron chi connectivity index (χ0n) is 21.2. The van der Waals surface area contributed by atoms with Gasteiger partial charge in [0.1, 0.15) is 5.75 Å². The molecule has 1 atom stereocenters. The maximum atomic E-state index is 6.48. The predicted molar refractivity (Wildman–Crippen MR) is 145 cm³/mol. The van der Waals surface area contributed by atoms with E-state index in [1.165, 1.54) is 54.6 Å². The van der Waals surface area contributed by atoms with E-state index in [0.717, 1.165) is 18.7 Å². The molecule has 1 aliphatic heterocycles. The van der Waals surface area contributed by atoms with Crippen LogP contribution in [0.1, 0.15) is 57.6 Å². The van der Waals surface area contributed by atoms with E-state index < -0.39 is 8.32 Å². The molecule has 2 aromatic rings. The van der Waals surface area contributed by atoms with E-state index in [-0.39, 0.29) is 5.04 Å². The van der Waals surface area contributed by atoms with Gasteiger partial charge in [-0.3, -0.25) is 4.90 Å². The molecule has 0 fully saturated rings. The lowest BCUT2D eigenvalue weighted by atomic mass is 9.86. The summed E-state index contributed by atoms with van der Waals surface area (Å²) in [6, 6.07) is 19.8. The van der Waals surface area contributed by atoms with Gasteiger partial charge in [-0.1, -0.05) is 75.4 Å². The minimum Gasteiger partial charge on any atom is -0.544 e. The standard InChI is InChI=1S/C30H41NOSi/c1-30(2,3)33(4,5)32-29-16-14-26(15-17-29)28-13-9-10-24(22-28)23-31-20-18-27(19-21-31)25-11-7-6-8-12-25/h6-8,11-12,14-18,22,24H,9-10,13,19-21,23H2,1-5H3/t24-/m1/s1. The van der Waals surface area contributed by atoms with Crippen LogP contribution in [0.15, 0.2) is 66.7 Å². The zero-order chi connectivity index (χ0) is 23.5. The first-order chi connectivity index (χ1) is 15.7. The van der Waals surface area contributed by atoms with Gasteiger partial charge in [0, 0.05) is 19.6 Å². The smallest absolute Gasteiger partial charge is 0.250 e. The van der Waals surface area contributed by atoms with Gasteiger partial charge in [-0.05, 0) is 84.1 Å². The fraction of sp³-hybridized carbons (Fsp3) is 0.467. The van der Waals surface area contributed by atoms with Gasteiger partial charge in [0.25, 0.3) is 0 Å². The Morgan fingerprint density at radius 1 is 0.909 bits per heavy atom. The molecule has 33 heavy (non-hydrogen) atoms. The van der Waals surface area contributed by atoms with Crippen molar-refractivity contribution in [3.8, 4) is 5.75 Å². The molecular weight excluding hydrogens is 418 g/mol. The van der Waals surface area contributed by atoms with Crippen molar-refractivity contribution in [3.63, 3.8) is 0 Å². The van der Waals surface area contributed by atoms with E-state index in [1.54, 1.807) is 0 Å². The fourth-order valence-electron chi connectivity index (χ4n) is 4.70. The molecule has 1 aliphatic carbocycles. The van der Waals surface area contributed by atoms with Crippen molar-refractivity contribution in [2.75, 3.05) is 19.6 Å². The summed E-state index contributed by atoms with van der Waals surface area (Å²) in [5.41, 5.74) is 5.78. The van der Waals surface area contributed by atoms with Crippen molar-refractivity contribution in [2.45, 2.75) is 64.6 Å². The largest absolute Gasteiger partial charge is 0.544 e. The van der Waals surface area contributed by atoms with Crippen molar-refractivity contribution in [3.05, 3.63) is 77.9 Å². The molecule has 0 unspecified atom stereocenters. The van der Waals surface area contributed by atoms with Crippen LogP contribution in [0.4, 0.5) is 0 Å². The van der Waals surface area contributed by atoms with Gasteiger partial charge in [0.05, 0.1) is 0 Å². The van der Waals surface area contributed by atoms with Crippen LogP contribution >= 0.6 is 0 Å². The van der Waals surface area contributed by atoms with Crippen LogP contribution in [-0.4, -0.2) is 32.9 Å². The molecule has 1 heterocycles. The summed E-state index contributed by atoms with van der Waals surface area (Å²) in [4.78, 5) is 2.63. The number of rotatable bonds is 6. The lowest BCUT2D eigenvalue weighted by Crippen LogP contribution is -2.43. The maximum Gasteiger partial charge on any atom is 0.250 e. The normalized spacial score (nSPS) is 20.2. The van der Waals surface area contributed by atoms with Crippen molar-refractivity contribution < 1.29 is 4.43 Å². The molecule has 0 spiro atoms. The second-order valence-electron chi connectivity index (χ2n) is 11.3. The Hall–Kier alpha value is -2.10. The Morgan fingerprint density at radius 3 is 2.24 bits per heavy atom. The molecule has 0 amide bonds. The molecule has 0 aromatic heterocycles. The van der Waals surface area contributed by atoms with Crippen molar-refractivity contribution >= 4 is 19.5 Å². The van der Waals surface area contributed by atoms with E-state index in [2.05, 4.69) is 106 Å². The summed E-state index contributed by atoms with van der Waals surface area (Å²) in [6.07, 6.45) is 9.94.